The van der Waals surface area contributed by atoms with E-state index in [0.717, 1.165) is 16.7 Å². The van der Waals surface area contributed by atoms with Crippen LogP contribution >= 0.6 is 0 Å². The Morgan fingerprint density at radius 1 is 0.697 bits per heavy atom. The van der Waals surface area contributed by atoms with Crippen molar-refractivity contribution >= 4 is 6.09 Å². The number of ether oxygens (including phenoxy) is 2. The molecular weight excluding hydrogens is 412 g/mol. The molecule has 0 atom stereocenters. The predicted molar refractivity (Wildman–Crippen MR) is 132 cm³/mol. The molecule has 0 aliphatic carbocycles. The summed E-state index contributed by atoms with van der Waals surface area (Å²) >= 11 is 0. The molecule has 1 amide bonds. The first-order valence-electron chi connectivity index (χ1n) is 11.4. The molecule has 0 spiro atoms. The highest BCUT2D eigenvalue weighted by atomic mass is 16.6. The zero-order valence-electron chi connectivity index (χ0n) is 19.7. The molecule has 0 saturated heterocycles. The van der Waals surface area contributed by atoms with Crippen LogP contribution in [-0.2, 0) is 15.0 Å². The van der Waals surface area contributed by atoms with Crippen LogP contribution in [0.4, 0.5) is 4.79 Å². The molecule has 5 nitrogen and oxygen atoms in total. The van der Waals surface area contributed by atoms with Crippen LogP contribution in [0.2, 0.25) is 0 Å². The van der Waals surface area contributed by atoms with Gasteiger partial charge in [0.1, 0.15) is 5.60 Å². The molecule has 3 aromatic rings. The first-order valence-corrected chi connectivity index (χ1v) is 11.4. The molecule has 0 radical (unpaired) electrons. The number of alkyl carbamates (subject to hydrolysis) is 1. The summed E-state index contributed by atoms with van der Waals surface area (Å²) in [6, 6.07) is 31.4. The van der Waals surface area contributed by atoms with Gasteiger partial charge in [0, 0.05) is 13.1 Å². The van der Waals surface area contributed by atoms with E-state index >= 15 is 0 Å². The lowest BCUT2D eigenvalue weighted by molar-refractivity contribution is 0.0499. The number of amides is 1. The molecule has 174 valence electrons. The molecular formula is C28H34N2O3. The van der Waals surface area contributed by atoms with Gasteiger partial charge in [-0.05, 0) is 37.5 Å². The minimum atomic E-state index is -0.512. The summed E-state index contributed by atoms with van der Waals surface area (Å²) in [5.41, 5.74) is 2.46. The van der Waals surface area contributed by atoms with Gasteiger partial charge in [-0.3, -0.25) is 5.32 Å². The van der Waals surface area contributed by atoms with E-state index in [9.17, 15) is 4.79 Å². The number of hydrogen-bond donors (Lipinski definition) is 2. The zero-order valence-corrected chi connectivity index (χ0v) is 19.7. The topological polar surface area (TPSA) is 59.6 Å². The summed E-state index contributed by atoms with van der Waals surface area (Å²) in [6.07, 6.45) is -0.430. The second kappa shape index (κ2) is 11.6. The van der Waals surface area contributed by atoms with Crippen LogP contribution in [0.15, 0.2) is 91.0 Å². The molecule has 5 heteroatoms. The second-order valence-electron chi connectivity index (χ2n) is 8.82. The molecule has 3 aromatic carbocycles. The van der Waals surface area contributed by atoms with Crippen LogP contribution in [0.25, 0.3) is 0 Å². The molecule has 0 heterocycles. The van der Waals surface area contributed by atoms with Gasteiger partial charge in [0.25, 0.3) is 0 Å². The summed E-state index contributed by atoms with van der Waals surface area (Å²) in [5.74, 6) is 0. The quantitative estimate of drug-likeness (QED) is 0.336. The van der Waals surface area contributed by atoms with Gasteiger partial charge in [-0.25, -0.2) is 4.79 Å². The van der Waals surface area contributed by atoms with Crippen molar-refractivity contribution in [2.75, 3.05) is 26.3 Å². The van der Waals surface area contributed by atoms with Gasteiger partial charge < -0.3 is 14.8 Å². The lowest BCUT2D eigenvalue weighted by atomic mass is 9.77. The molecule has 2 N–H and O–H groups in total. The van der Waals surface area contributed by atoms with E-state index in [4.69, 9.17) is 9.47 Å². The summed E-state index contributed by atoms with van der Waals surface area (Å²) in [6.45, 7) is 7.47. The van der Waals surface area contributed by atoms with Gasteiger partial charge in [-0.15, -0.1) is 0 Å². The molecule has 33 heavy (non-hydrogen) atoms. The van der Waals surface area contributed by atoms with Crippen molar-refractivity contribution in [3.05, 3.63) is 108 Å². The van der Waals surface area contributed by atoms with Crippen LogP contribution in [0.5, 0.6) is 0 Å². The van der Waals surface area contributed by atoms with Crippen molar-refractivity contribution in [2.45, 2.75) is 31.9 Å². The van der Waals surface area contributed by atoms with Crippen LogP contribution in [0.3, 0.4) is 0 Å². The highest BCUT2D eigenvalue weighted by molar-refractivity contribution is 5.67. The van der Waals surface area contributed by atoms with Crippen molar-refractivity contribution in [3.63, 3.8) is 0 Å². The van der Waals surface area contributed by atoms with Gasteiger partial charge in [0.2, 0.25) is 0 Å². The summed E-state index contributed by atoms with van der Waals surface area (Å²) in [4.78, 5) is 11.7. The van der Waals surface area contributed by atoms with E-state index in [1.807, 2.05) is 39.0 Å². The maximum atomic E-state index is 11.7. The lowest BCUT2D eigenvalue weighted by Crippen LogP contribution is -2.46. The molecule has 0 fully saturated rings. The third kappa shape index (κ3) is 6.91. The van der Waals surface area contributed by atoms with Crippen molar-refractivity contribution < 1.29 is 14.3 Å². The van der Waals surface area contributed by atoms with Crippen LogP contribution < -0.4 is 10.6 Å². The van der Waals surface area contributed by atoms with E-state index < -0.39 is 17.2 Å². The van der Waals surface area contributed by atoms with Gasteiger partial charge in [0.15, 0.2) is 0 Å². The zero-order chi connectivity index (χ0) is 23.6. The summed E-state index contributed by atoms with van der Waals surface area (Å²) in [5, 5.41) is 6.49. The molecule has 0 aliphatic heterocycles. The SMILES string of the molecule is CC(C)(C)OC(=O)NCCOCCNC(c1ccccc1)(c1ccccc1)c1ccccc1. The average molecular weight is 447 g/mol. The molecule has 0 aliphatic rings. The Labute approximate surface area is 197 Å². The number of nitrogens with one attached hydrogen (secondary N) is 2. The Balaban J connectivity index is 1.68. The maximum Gasteiger partial charge on any atom is 0.407 e. The van der Waals surface area contributed by atoms with E-state index in [1.54, 1.807) is 0 Å². The minimum Gasteiger partial charge on any atom is -0.444 e. The average Bonchev–Trinajstić information content (AvgIpc) is 2.82. The highest BCUT2D eigenvalue weighted by Gasteiger charge is 2.35. The normalized spacial score (nSPS) is 11.7. The first kappa shape index (κ1) is 24.5. The number of carbonyl (C=O) groups excluding carboxylic acids is 1. The van der Waals surface area contributed by atoms with E-state index in [2.05, 4.69) is 83.4 Å². The highest BCUT2D eigenvalue weighted by Crippen LogP contribution is 2.36. The van der Waals surface area contributed by atoms with Crippen molar-refractivity contribution in [1.29, 1.82) is 0 Å². The van der Waals surface area contributed by atoms with Crippen molar-refractivity contribution in [1.82, 2.24) is 10.6 Å². The summed E-state index contributed by atoms with van der Waals surface area (Å²) < 4.78 is 11.0. The van der Waals surface area contributed by atoms with E-state index in [1.165, 1.54) is 0 Å². The largest absolute Gasteiger partial charge is 0.444 e. The molecule has 0 aromatic heterocycles. The lowest BCUT2D eigenvalue weighted by Gasteiger charge is -2.37. The van der Waals surface area contributed by atoms with Crippen LogP contribution in [-0.4, -0.2) is 38.0 Å². The Morgan fingerprint density at radius 2 is 1.12 bits per heavy atom. The minimum absolute atomic E-state index is 0.399. The van der Waals surface area contributed by atoms with E-state index in [0.29, 0.717) is 26.3 Å². The van der Waals surface area contributed by atoms with Crippen molar-refractivity contribution in [2.24, 2.45) is 0 Å². The monoisotopic (exact) mass is 446 g/mol. The third-order valence-corrected chi connectivity index (χ3v) is 5.17. The van der Waals surface area contributed by atoms with Gasteiger partial charge in [-0.2, -0.15) is 0 Å². The van der Waals surface area contributed by atoms with Crippen molar-refractivity contribution in [3.8, 4) is 0 Å². The molecule has 3 rings (SSSR count). The molecule has 0 unspecified atom stereocenters. The van der Waals surface area contributed by atoms with Crippen LogP contribution in [0, 0.1) is 0 Å². The fourth-order valence-corrected chi connectivity index (χ4v) is 3.82. The Morgan fingerprint density at radius 3 is 1.55 bits per heavy atom. The third-order valence-electron chi connectivity index (χ3n) is 5.17. The van der Waals surface area contributed by atoms with Gasteiger partial charge >= 0.3 is 6.09 Å². The molecule has 0 saturated carbocycles. The van der Waals surface area contributed by atoms with E-state index in [-0.39, 0.29) is 0 Å². The van der Waals surface area contributed by atoms with Gasteiger partial charge in [-0.1, -0.05) is 91.0 Å². The summed E-state index contributed by atoms with van der Waals surface area (Å²) in [7, 11) is 0. The Kier molecular flexibility index (Phi) is 8.64. The van der Waals surface area contributed by atoms with Crippen LogP contribution in [0.1, 0.15) is 37.5 Å². The first-order chi connectivity index (χ1) is 15.9. The Hall–Kier alpha value is -3.15. The second-order valence-corrected chi connectivity index (χ2v) is 8.82. The number of benzene rings is 3. The maximum absolute atomic E-state index is 11.7. The number of carbonyl (C=O) groups is 1. The number of hydrogen-bond acceptors (Lipinski definition) is 4. The fraction of sp³-hybridized carbons (Fsp3) is 0.321. The predicted octanol–water partition coefficient (Wildman–Crippen LogP) is 5.11. The molecule has 0 bridgehead atoms. The number of rotatable bonds is 10. The smallest absolute Gasteiger partial charge is 0.407 e. The standard InChI is InChI=1S/C28H34N2O3/c1-27(2,3)33-26(31)29-19-21-32-22-20-30-28(23-13-7-4-8-14-23,24-15-9-5-10-16-24)25-17-11-6-12-18-25/h4-18,30H,19-22H2,1-3H3,(H,29,31). The Bertz CT molecular complexity index is 874. The van der Waals surface area contributed by atoms with Gasteiger partial charge in [0.05, 0.1) is 18.8 Å². The fourth-order valence-electron chi connectivity index (χ4n) is 3.82.